The van der Waals surface area contributed by atoms with E-state index in [2.05, 4.69) is 273 Å². The minimum Gasteiger partial charge on any atom is -0.439 e. The van der Waals surface area contributed by atoms with Gasteiger partial charge in [-0.1, -0.05) is 392 Å². The normalized spacial score (nSPS) is 14.8. The lowest BCUT2D eigenvalue weighted by atomic mass is 9.72. The van der Waals surface area contributed by atoms with E-state index in [1.807, 2.05) is 137 Å². The van der Waals surface area contributed by atoms with E-state index in [1.54, 1.807) is 20.0 Å². The monoisotopic (exact) mass is 1900 g/mol. The molecule has 0 saturated heterocycles. The van der Waals surface area contributed by atoms with Crippen LogP contribution in [0.25, 0.3) is 11.1 Å². The van der Waals surface area contributed by atoms with Crippen molar-refractivity contribution in [2.45, 2.75) is 339 Å². The summed E-state index contributed by atoms with van der Waals surface area (Å²) in [7, 11) is 1.82. The van der Waals surface area contributed by atoms with Gasteiger partial charge in [-0.25, -0.2) is 4.39 Å². The third-order valence-corrected chi connectivity index (χ3v) is 20.1. The van der Waals surface area contributed by atoms with E-state index < -0.39 is 40.7 Å². The van der Waals surface area contributed by atoms with Crippen molar-refractivity contribution >= 4 is 138 Å². The second-order valence-electron chi connectivity index (χ2n) is 40.8. The zero-order valence-corrected chi connectivity index (χ0v) is 89.0. The number of hydrogen-bond acceptors (Lipinski definition) is 4. The van der Waals surface area contributed by atoms with Crippen LogP contribution in [-0.4, -0.2) is 98.2 Å². The predicted molar refractivity (Wildman–Crippen MR) is 505 cm³/mol. The summed E-state index contributed by atoms with van der Waals surface area (Å²) in [5, 5.41) is 0.414. The highest BCUT2D eigenvalue weighted by Crippen LogP contribution is 2.62. The van der Waals surface area contributed by atoms with Gasteiger partial charge in [0.05, 0.1) is 23.0 Å². The molecule has 0 spiro atoms. The zero-order valence-electron chi connectivity index (χ0n) is 77.0. The van der Waals surface area contributed by atoms with Gasteiger partial charge in [0.1, 0.15) is 13.6 Å². The fraction of sp³-hybridized carbons (Fsp3) is 0.793. The van der Waals surface area contributed by atoms with E-state index in [0.29, 0.717) is 33.9 Å². The molecule has 3 aromatic carbocycles. The number of fused-ring (bicyclic) bond motifs is 3. The van der Waals surface area contributed by atoms with Crippen molar-refractivity contribution in [2.75, 3.05) is 61.1 Å². The molecular formula is C87H168Br4Cl4F4NO3P3. The standard InChI is InChI=1S/C16H17O2P.C10H20.C10H14.C6H14.C5H9Br3.C5H9Cl3.C5H9F3.C5H12.C4H9Br.C4H9Cl.C4H9F.C4H10.C3H9N.C3H9OP.C3H9P/c1-16(2,3)19(17)15-11-7-5-9-13(15)12-8-4-6-10-14(12)18-19;2*1-10(2,3)9-7-5-4-6-8-9;1-5-6(2,3)4;3*1-4(2,3)5(6,7)8;1-5(2,3)4;3*1-4(2,3)5;2*1-4(2)3;1-5(2,3)4;1-4(2)3/h4-11H,1-3H3;9H,4-8H2,1-3H3;4-8H,1-3H3;5H2,1-4H3;3*1-3H3;1-4H3;3*1-3H3;4H,1-3H3;1-3H3;1-3H3;1-3H3. The molecule has 106 heavy (non-hydrogen) atoms. The average Bonchev–Trinajstić information content (AvgIpc) is 0.733. The molecule has 0 bridgehead atoms. The molecule has 1 aliphatic heterocycles. The molecule has 638 valence electrons. The number of alkyl halides is 12. The maximum Gasteiger partial charge on any atom is 0.393 e. The highest BCUT2D eigenvalue weighted by molar-refractivity contribution is 9.39. The van der Waals surface area contributed by atoms with Crippen molar-refractivity contribution in [3.63, 3.8) is 0 Å². The second-order valence-corrected chi connectivity index (χ2v) is 62.9. The number of benzene rings is 3. The Labute approximate surface area is 713 Å². The summed E-state index contributed by atoms with van der Waals surface area (Å²) in [5.41, 5.74) is 2.71. The minimum atomic E-state index is -4.06. The maximum absolute atomic E-state index is 13.4. The molecule has 2 aliphatic rings. The van der Waals surface area contributed by atoms with Gasteiger partial charge in [0, 0.05) is 20.2 Å². The van der Waals surface area contributed by atoms with Crippen molar-refractivity contribution in [3.8, 4) is 16.9 Å². The number of hydrogen-bond donors (Lipinski definition) is 0. The molecule has 0 aromatic heterocycles. The van der Waals surface area contributed by atoms with Crippen LogP contribution in [0, 0.1) is 44.3 Å². The van der Waals surface area contributed by atoms with Crippen LogP contribution in [-0.2, 0) is 14.5 Å². The number of rotatable bonds is 0. The second kappa shape index (κ2) is 56.4. The summed E-state index contributed by atoms with van der Waals surface area (Å²) < 4.78 is 75.0. The SMILES string of the molecule is CC(C)(C)Br.CC(C)(C)C.CC(C)(C)C(Br)(Br)Br.CC(C)(C)C(Cl)(Cl)Cl.CC(C)(C)C(F)(F)F.CC(C)(C)C1CCCCC1.CC(C)(C)Cl.CC(C)(C)F.CC(C)(C)P1(=O)Oc2ccccc2-c2ccccc21.CC(C)(C)c1ccccc1.CC(C)C.CCC(C)(C)C.CN(C)C.CP(C)(C)=O.CP(C)C. The Morgan fingerprint density at radius 2 is 0.755 bits per heavy atom. The van der Waals surface area contributed by atoms with Gasteiger partial charge in [-0.05, 0) is 198 Å². The van der Waals surface area contributed by atoms with E-state index in [9.17, 15) is 26.7 Å². The Hall–Kier alpha value is 1.11. The Morgan fingerprint density at radius 3 is 0.934 bits per heavy atom. The topological polar surface area (TPSA) is 46.6 Å². The van der Waals surface area contributed by atoms with Crippen molar-refractivity contribution in [1.82, 2.24) is 4.90 Å². The summed E-state index contributed by atoms with van der Waals surface area (Å²) in [6.07, 6.45) is 4.59. The Kier molecular flexibility index (Phi) is 68.1. The molecule has 0 radical (unpaired) electrons. The molecular weight excluding hydrogens is 1740 g/mol. The quantitative estimate of drug-likeness (QED) is 0.128. The molecule has 5 rings (SSSR count). The maximum atomic E-state index is 13.4. The molecule has 0 amide bonds. The van der Waals surface area contributed by atoms with Crippen LogP contribution >= 0.6 is 133 Å². The molecule has 3 aromatic rings. The predicted octanol–water partition coefficient (Wildman–Crippen LogP) is 35.8. The summed E-state index contributed by atoms with van der Waals surface area (Å²) >= 11 is 35.8. The molecule has 4 nitrogen and oxygen atoms in total. The van der Waals surface area contributed by atoms with Gasteiger partial charge in [-0.2, -0.15) is 13.2 Å². The van der Waals surface area contributed by atoms with Crippen LogP contribution in [0.15, 0.2) is 78.9 Å². The van der Waals surface area contributed by atoms with E-state index in [1.165, 1.54) is 64.9 Å². The van der Waals surface area contributed by atoms with Crippen LogP contribution in [0.5, 0.6) is 5.75 Å². The van der Waals surface area contributed by atoms with Crippen molar-refractivity contribution in [1.29, 1.82) is 0 Å². The fourth-order valence-electron chi connectivity index (χ4n) is 5.32. The molecule has 1 aliphatic carbocycles. The first-order chi connectivity index (χ1) is 45.7. The highest BCUT2D eigenvalue weighted by atomic mass is 80.0. The van der Waals surface area contributed by atoms with Crippen LogP contribution < -0.4 is 9.83 Å². The van der Waals surface area contributed by atoms with Gasteiger partial charge in [-0.15, -0.1) is 19.5 Å². The smallest absolute Gasteiger partial charge is 0.393 e. The van der Waals surface area contributed by atoms with Crippen molar-refractivity contribution in [2.24, 2.45) is 44.3 Å². The van der Waals surface area contributed by atoms with Gasteiger partial charge in [0.25, 0.3) is 7.37 Å². The average molecular weight is 1910 g/mol. The molecule has 0 N–H and O–H groups in total. The van der Waals surface area contributed by atoms with Crippen LogP contribution in [0.4, 0.5) is 17.6 Å². The lowest BCUT2D eigenvalue weighted by Crippen LogP contribution is -2.30. The van der Waals surface area contributed by atoms with Crippen molar-refractivity contribution < 1.29 is 31.2 Å². The molecule has 1 saturated carbocycles. The number of nitrogens with zero attached hydrogens (tertiary/aromatic N) is 1. The summed E-state index contributed by atoms with van der Waals surface area (Å²) in [6, 6.07) is 26.2. The molecule has 1 heterocycles. The lowest BCUT2D eigenvalue weighted by molar-refractivity contribution is -0.204. The van der Waals surface area contributed by atoms with Gasteiger partial charge >= 0.3 is 6.18 Å². The summed E-state index contributed by atoms with van der Waals surface area (Å²) in [5.74, 6) is 2.56. The van der Waals surface area contributed by atoms with Crippen molar-refractivity contribution in [3.05, 3.63) is 84.4 Å². The summed E-state index contributed by atoms with van der Waals surface area (Å²) in [6.45, 7) is 88.0. The summed E-state index contributed by atoms with van der Waals surface area (Å²) in [4.78, 5) is 1.97. The highest BCUT2D eigenvalue weighted by Gasteiger charge is 2.46. The fourth-order valence-corrected chi connectivity index (χ4v) is 7.65. The van der Waals surface area contributed by atoms with Crippen LogP contribution in [0.1, 0.15) is 307 Å². The first-order valence-electron chi connectivity index (χ1n) is 37.2. The first-order valence-corrected chi connectivity index (χ1v) is 49.2. The van der Waals surface area contributed by atoms with E-state index in [4.69, 9.17) is 50.9 Å². The van der Waals surface area contributed by atoms with E-state index in [-0.39, 0.29) is 17.8 Å². The first kappa shape index (κ1) is 128. The van der Waals surface area contributed by atoms with Gasteiger partial charge in [0.2, 0.25) is 0 Å². The number of para-hydroxylation sites is 1. The largest absolute Gasteiger partial charge is 0.439 e. The van der Waals surface area contributed by atoms with E-state index in [0.717, 1.165) is 54.8 Å². The zero-order chi connectivity index (χ0) is 88.3. The minimum absolute atomic E-state index is 0.0278. The number of halogens is 12. The van der Waals surface area contributed by atoms with Crippen LogP contribution in [0.2, 0.25) is 0 Å². The Bertz CT molecular complexity index is 2490. The third-order valence-electron chi connectivity index (χ3n) is 11.6. The lowest BCUT2D eigenvalue weighted by Gasteiger charge is -2.36. The molecule has 1 fully saturated rings. The van der Waals surface area contributed by atoms with Gasteiger partial charge in [0.15, 0.2) is 3.79 Å². The molecule has 1 unspecified atom stereocenters. The third kappa shape index (κ3) is 103. The molecule has 19 heteroatoms. The van der Waals surface area contributed by atoms with E-state index >= 15 is 0 Å². The van der Waals surface area contributed by atoms with Gasteiger partial charge in [-0.3, -0.25) is 4.57 Å². The molecule has 1 atom stereocenters. The van der Waals surface area contributed by atoms with Crippen LogP contribution in [0.3, 0.4) is 0 Å². The Morgan fingerprint density at radius 1 is 0.528 bits per heavy atom. The Balaban J connectivity index is -0.000000120. The van der Waals surface area contributed by atoms with Gasteiger partial charge < -0.3 is 14.0 Å².